The molecule has 1 N–H and O–H groups in total. The lowest BCUT2D eigenvalue weighted by molar-refractivity contribution is 0.438. The van der Waals surface area contributed by atoms with Gasteiger partial charge >= 0.3 is 0 Å². The van der Waals surface area contributed by atoms with Gasteiger partial charge in [0.1, 0.15) is 0 Å². The van der Waals surface area contributed by atoms with Crippen molar-refractivity contribution >= 4 is 0 Å². The van der Waals surface area contributed by atoms with E-state index in [2.05, 4.69) is 37.4 Å². The van der Waals surface area contributed by atoms with Crippen molar-refractivity contribution in [3.63, 3.8) is 0 Å². The highest BCUT2D eigenvalue weighted by atomic mass is 15.3. The summed E-state index contributed by atoms with van der Waals surface area (Å²) in [7, 11) is 0. The van der Waals surface area contributed by atoms with Crippen LogP contribution >= 0.6 is 0 Å². The standard InChI is InChI=1S/C11H21N3/c1-4-10(3)8-14-9-11(7-13-14)6-12-5-2/h7,9-10,12H,4-6,8H2,1-3H3. The molecule has 0 aliphatic rings. The third-order valence-electron chi connectivity index (χ3n) is 2.46. The Labute approximate surface area is 86.5 Å². The van der Waals surface area contributed by atoms with Crippen LogP contribution < -0.4 is 5.32 Å². The maximum Gasteiger partial charge on any atom is 0.0534 e. The molecule has 0 aliphatic heterocycles. The van der Waals surface area contributed by atoms with Gasteiger partial charge in [0.25, 0.3) is 0 Å². The highest BCUT2D eigenvalue weighted by Gasteiger charge is 2.02. The van der Waals surface area contributed by atoms with Crippen molar-refractivity contribution in [2.75, 3.05) is 6.54 Å². The molecule has 0 aliphatic carbocycles. The van der Waals surface area contributed by atoms with E-state index < -0.39 is 0 Å². The number of hydrogen-bond donors (Lipinski definition) is 1. The van der Waals surface area contributed by atoms with E-state index >= 15 is 0 Å². The van der Waals surface area contributed by atoms with Crippen LogP contribution in [0.15, 0.2) is 12.4 Å². The zero-order chi connectivity index (χ0) is 10.4. The van der Waals surface area contributed by atoms with Gasteiger partial charge in [-0.15, -0.1) is 0 Å². The number of nitrogens with zero attached hydrogens (tertiary/aromatic N) is 2. The molecule has 1 aromatic rings. The Morgan fingerprint density at radius 1 is 1.50 bits per heavy atom. The Morgan fingerprint density at radius 3 is 2.93 bits per heavy atom. The SMILES string of the molecule is CCNCc1cnn(CC(C)CC)c1. The molecule has 0 saturated carbocycles. The minimum absolute atomic E-state index is 0.710. The van der Waals surface area contributed by atoms with Crippen molar-refractivity contribution in [3.8, 4) is 0 Å². The van der Waals surface area contributed by atoms with Gasteiger partial charge in [0.2, 0.25) is 0 Å². The Morgan fingerprint density at radius 2 is 2.29 bits per heavy atom. The average molecular weight is 195 g/mol. The molecule has 0 spiro atoms. The summed E-state index contributed by atoms with van der Waals surface area (Å²) >= 11 is 0. The van der Waals surface area contributed by atoms with E-state index in [9.17, 15) is 0 Å². The van der Waals surface area contributed by atoms with Crippen LogP contribution in [-0.2, 0) is 13.1 Å². The zero-order valence-electron chi connectivity index (χ0n) is 9.45. The third-order valence-corrected chi connectivity index (χ3v) is 2.46. The quantitative estimate of drug-likeness (QED) is 0.752. The average Bonchev–Trinajstić information content (AvgIpc) is 2.62. The van der Waals surface area contributed by atoms with E-state index in [1.165, 1.54) is 12.0 Å². The minimum atomic E-state index is 0.710. The molecule has 14 heavy (non-hydrogen) atoms. The molecule has 0 radical (unpaired) electrons. The van der Waals surface area contributed by atoms with Gasteiger partial charge in [-0.05, 0) is 12.5 Å². The summed E-state index contributed by atoms with van der Waals surface area (Å²) in [5.74, 6) is 0.710. The predicted molar refractivity (Wildman–Crippen MR) is 59.1 cm³/mol. The lowest BCUT2D eigenvalue weighted by Gasteiger charge is -2.07. The molecule has 0 saturated heterocycles. The van der Waals surface area contributed by atoms with Crippen molar-refractivity contribution in [2.24, 2.45) is 5.92 Å². The molecular formula is C11H21N3. The van der Waals surface area contributed by atoms with Gasteiger partial charge in [-0.3, -0.25) is 4.68 Å². The monoisotopic (exact) mass is 195 g/mol. The van der Waals surface area contributed by atoms with Gasteiger partial charge in [-0.25, -0.2) is 0 Å². The summed E-state index contributed by atoms with van der Waals surface area (Å²) in [5, 5.41) is 7.63. The highest BCUT2D eigenvalue weighted by molar-refractivity contribution is 5.03. The third kappa shape index (κ3) is 3.50. The van der Waals surface area contributed by atoms with Crippen LogP contribution in [0.1, 0.15) is 32.8 Å². The molecule has 80 valence electrons. The first-order chi connectivity index (χ1) is 6.76. The van der Waals surface area contributed by atoms with Crippen LogP contribution in [-0.4, -0.2) is 16.3 Å². The molecule has 0 fully saturated rings. The summed E-state index contributed by atoms with van der Waals surface area (Å²) in [6.45, 7) is 9.55. The first-order valence-corrected chi connectivity index (χ1v) is 5.48. The molecule has 0 bridgehead atoms. The van der Waals surface area contributed by atoms with E-state index in [0.717, 1.165) is 19.6 Å². The van der Waals surface area contributed by atoms with Gasteiger partial charge in [-0.1, -0.05) is 27.2 Å². The van der Waals surface area contributed by atoms with E-state index in [4.69, 9.17) is 0 Å². The molecule has 1 heterocycles. The molecular weight excluding hydrogens is 174 g/mol. The van der Waals surface area contributed by atoms with Crippen molar-refractivity contribution in [1.82, 2.24) is 15.1 Å². The van der Waals surface area contributed by atoms with Crippen molar-refractivity contribution < 1.29 is 0 Å². The molecule has 1 atom stereocenters. The first-order valence-electron chi connectivity index (χ1n) is 5.48. The van der Waals surface area contributed by atoms with E-state index in [1.54, 1.807) is 0 Å². The number of hydrogen-bond acceptors (Lipinski definition) is 2. The molecule has 0 aromatic carbocycles. The number of nitrogens with one attached hydrogen (secondary N) is 1. The fraction of sp³-hybridized carbons (Fsp3) is 0.727. The molecule has 1 aromatic heterocycles. The first kappa shape index (κ1) is 11.2. The zero-order valence-corrected chi connectivity index (χ0v) is 9.45. The predicted octanol–water partition coefficient (Wildman–Crippen LogP) is 2.04. The topological polar surface area (TPSA) is 29.9 Å². The maximum absolute atomic E-state index is 4.33. The fourth-order valence-corrected chi connectivity index (χ4v) is 1.32. The minimum Gasteiger partial charge on any atom is -0.313 e. The van der Waals surface area contributed by atoms with E-state index in [-0.39, 0.29) is 0 Å². The lowest BCUT2D eigenvalue weighted by Crippen LogP contribution is -2.11. The molecule has 0 amide bonds. The Balaban J connectivity index is 2.42. The largest absolute Gasteiger partial charge is 0.313 e. The number of rotatable bonds is 6. The Bertz CT molecular complexity index is 255. The van der Waals surface area contributed by atoms with Gasteiger partial charge in [-0.2, -0.15) is 5.10 Å². The summed E-state index contributed by atoms with van der Waals surface area (Å²) in [4.78, 5) is 0. The van der Waals surface area contributed by atoms with Gasteiger partial charge in [0, 0.05) is 24.8 Å². The van der Waals surface area contributed by atoms with Crippen molar-refractivity contribution in [2.45, 2.75) is 40.3 Å². The van der Waals surface area contributed by atoms with Crippen LogP contribution in [0, 0.1) is 5.92 Å². The van der Waals surface area contributed by atoms with Crippen molar-refractivity contribution in [1.29, 1.82) is 0 Å². The highest BCUT2D eigenvalue weighted by Crippen LogP contribution is 2.05. The summed E-state index contributed by atoms with van der Waals surface area (Å²) < 4.78 is 2.04. The molecule has 1 unspecified atom stereocenters. The smallest absolute Gasteiger partial charge is 0.0534 e. The van der Waals surface area contributed by atoms with Crippen LogP contribution in [0.5, 0.6) is 0 Å². The molecule has 3 heteroatoms. The van der Waals surface area contributed by atoms with E-state index in [0.29, 0.717) is 5.92 Å². The summed E-state index contributed by atoms with van der Waals surface area (Å²) in [5.41, 5.74) is 1.27. The van der Waals surface area contributed by atoms with Crippen LogP contribution in [0.25, 0.3) is 0 Å². The second-order valence-corrected chi connectivity index (χ2v) is 3.86. The Hall–Kier alpha value is -0.830. The maximum atomic E-state index is 4.33. The normalized spacial score (nSPS) is 13.1. The van der Waals surface area contributed by atoms with Crippen LogP contribution in [0.3, 0.4) is 0 Å². The van der Waals surface area contributed by atoms with Crippen LogP contribution in [0.2, 0.25) is 0 Å². The second kappa shape index (κ2) is 5.81. The molecule has 1 rings (SSSR count). The summed E-state index contributed by atoms with van der Waals surface area (Å²) in [6.07, 6.45) is 5.29. The number of aromatic nitrogens is 2. The van der Waals surface area contributed by atoms with Crippen molar-refractivity contribution in [3.05, 3.63) is 18.0 Å². The Kier molecular flexibility index (Phi) is 4.66. The fourth-order valence-electron chi connectivity index (χ4n) is 1.32. The summed E-state index contributed by atoms with van der Waals surface area (Å²) in [6, 6.07) is 0. The van der Waals surface area contributed by atoms with Gasteiger partial charge in [0.05, 0.1) is 6.20 Å². The van der Waals surface area contributed by atoms with Gasteiger partial charge < -0.3 is 5.32 Å². The molecule has 3 nitrogen and oxygen atoms in total. The van der Waals surface area contributed by atoms with Crippen LogP contribution in [0.4, 0.5) is 0 Å². The van der Waals surface area contributed by atoms with Gasteiger partial charge in [0.15, 0.2) is 0 Å². The van der Waals surface area contributed by atoms with E-state index in [1.807, 2.05) is 10.9 Å². The lowest BCUT2D eigenvalue weighted by atomic mass is 10.1. The second-order valence-electron chi connectivity index (χ2n) is 3.86.